The van der Waals surface area contributed by atoms with Crippen LogP contribution in [0.15, 0.2) is 46.9 Å². The number of nitrogens with one attached hydrogen (secondary N) is 1. The lowest BCUT2D eigenvalue weighted by atomic mass is 10.1. The second-order valence-corrected chi connectivity index (χ2v) is 6.23. The molecular weight excluding hydrogens is 338 g/mol. The van der Waals surface area contributed by atoms with E-state index in [9.17, 15) is 4.79 Å². The fourth-order valence-corrected chi connectivity index (χ4v) is 2.72. The van der Waals surface area contributed by atoms with Crippen LogP contribution in [0.4, 0.5) is 5.69 Å². The van der Waals surface area contributed by atoms with Crippen LogP contribution in [0, 0.1) is 13.8 Å². The zero-order valence-corrected chi connectivity index (χ0v) is 15.0. The van der Waals surface area contributed by atoms with Gasteiger partial charge in [0.2, 0.25) is 5.91 Å². The number of hydrogen-bond acceptors (Lipinski definition) is 3. The standard InChI is InChI=1S/C20H18ClNO3/c1-12-4-5-16(8-13(12)2)22-19(23)7-6-17-10-14-9-15(21)11-18(24-3)20(14)25-17/h4-11H,1-3H3,(H,22,23)/b7-6+. The Morgan fingerprint density at radius 3 is 2.68 bits per heavy atom. The highest BCUT2D eigenvalue weighted by molar-refractivity contribution is 6.31. The fraction of sp³-hybridized carbons (Fsp3) is 0.150. The SMILES string of the molecule is COc1cc(Cl)cc2cc(/C=C/C(=O)Nc3ccc(C)c(C)c3)oc12. The molecule has 0 saturated heterocycles. The summed E-state index contributed by atoms with van der Waals surface area (Å²) in [5.74, 6) is 0.876. The highest BCUT2D eigenvalue weighted by atomic mass is 35.5. The summed E-state index contributed by atoms with van der Waals surface area (Å²) < 4.78 is 11.0. The van der Waals surface area contributed by atoms with Gasteiger partial charge in [-0.1, -0.05) is 17.7 Å². The Kier molecular flexibility index (Phi) is 4.81. The number of benzene rings is 2. The zero-order valence-electron chi connectivity index (χ0n) is 14.2. The lowest BCUT2D eigenvalue weighted by molar-refractivity contribution is -0.111. The predicted octanol–water partition coefficient (Wildman–Crippen LogP) is 5.36. The molecule has 4 nitrogen and oxygen atoms in total. The van der Waals surface area contributed by atoms with E-state index >= 15 is 0 Å². The largest absolute Gasteiger partial charge is 0.493 e. The topological polar surface area (TPSA) is 51.5 Å². The highest BCUT2D eigenvalue weighted by Gasteiger charge is 2.09. The van der Waals surface area contributed by atoms with E-state index in [4.69, 9.17) is 20.8 Å². The summed E-state index contributed by atoms with van der Waals surface area (Å²) in [4.78, 5) is 12.1. The maximum atomic E-state index is 12.1. The monoisotopic (exact) mass is 355 g/mol. The Morgan fingerprint density at radius 1 is 1.16 bits per heavy atom. The Bertz CT molecular complexity index is 972. The number of methoxy groups -OCH3 is 1. The van der Waals surface area contributed by atoms with Crippen molar-refractivity contribution in [3.8, 4) is 5.75 Å². The van der Waals surface area contributed by atoms with Crippen molar-refractivity contribution in [2.75, 3.05) is 12.4 Å². The van der Waals surface area contributed by atoms with Gasteiger partial charge >= 0.3 is 0 Å². The summed E-state index contributed by atoms with van der Waals surface area (Å²) >= 11 is 6.05. The number of fused-ring (bicyclic) bond motifs is 1. The molecule has 0 aliphatic rings. The van der Waals surface area contributed by atoms with Crippen molar-refractivity contribution in [2.24, 2.45) is 0 Å². The molecule has 1 aromatic heterocycles. The summed E-state index contributed by atoms with van der Waals surface area (Å²) in [6.07, 6.45) is 3.05. The van der Waals surface area contributed by atoms with Gasteiger partial charge in [-0.2, -0.15) is 0 Å². The number of carbonyl (C=O) groups is 1. The van der Waals surface area contributed by atoms with Crippen LogP contribution in [0.2, 0.25) is 5.02 Å². The number of hydrogen-bond donors (Lipinski definition) is 1. The number of aryl methyl sites for hydroxylation is 2. The molecule has 0 aliphatic heterocycles. The summed E-state index contributed by atoms with van der Waals surface area (Å²) in [6.45, 7) is 4.04. The molecule has 0 unspecified atom stereocenters. The van der Waals surface area contributed by atoms with Crippen molar-refractivity contribution in [1.82, 2.24) is 0 Å². The molecule has 3 aromatic rings. The average Bonchev–Trinajstić information content (AvgIpc) is 2.98. The van der Waals surface area contributed by atoms with Crippen molar-refractivity contribution < 1.29 is 13.9 Å². The molecular formula is C20H18ClNO3. The van der Waals surface area contributed by atoms with E-state index in [0.717, 1.165) is 16.6 Å². The van der Waals surface area contributed by atoms with Crippen LogP contribution < -0.4 is 10.1 Å². The molecule has 0 saturated carbocycles. The maximum Gasteiger partial charge on any atom is 0.248 e. The van der Waals surface area contributed by atoms with E-state index in [1.807, 2.05) is 38.1 Å². The smallest absolute Gasteiger partial charge is 0.248 e. The molecule has 1 N–H and O–H groups in total. The molecule has 2 aromatic carbocycles. The summed E-state index contributed by atoms with van der Waals surface area (Å²) in [6, 6.07) is 11.1. The molecule has 0 atom stereocenters. The lowest BCUT2D eigenvalue weighted by Crippen LogP contribution is -2.07. The molecule has 3 rings (SSSR count). The van der Waals surface area contributed by atoms with E-state index in [-0.39, 0.29) is 5.91 Å². The number of amides is 1. The molecule has 128 valence electrons. The van der Waals surface area contributed by atoms with E-state index in [0.29, 0.717) is 22.1 Å². The average molecular weight is 356 g/mol. The predicted molar refractivity (Wildman–Crippen MR) is 101 cm³/mol. The van der Waals surface area contributed by atoms with Gasteiger partial charge in [0, 0.05) is 28.2 Å². The van der Waals surface area contributed by atoms with Crippen molar-refractivity contribution in [3.05, 3.63) is 64.4 Å². The first kappa shape index (κ1) is 17.1. The quantitative estimate of drug-likeness (QED) is 0.640. The number of anilines is 1. The second-order valence-electron chi connectivity index (χ2n) is 5.80. The van der Waals surface area contributed by atoms with Gasteiger partial charge in [-0.05, 0) is 55.3 Å². The first-order valence-corrected chi connectivity index (χ1v) is 8.17. The van der Waals surface area contributed by atoms with Crippen LogP contribution in [0.5, 0.6) is 5.75 Å². The van der Waals surface area contributed by atoms with E-state index in [1.54, 1.807) is 25.3 Å². The lowest BCUT2D eigenvalue weighted by Gasteiger charge is -2.05. The van der Waals surface area contributed by atoms with Gasteiger partial charge < -0.3 is 14.5 Å². The van der Waals surface area contributed by atoms with Crippen molar-refractivity contribution in [2.45, 2.75) is 13.8 Å². The minimum absolute atomic E-state index is 0.228. The first-order valence-electron chi connectivity index (χ1n) is 7.79. The Morgan fingerprint density at radius 2 is 1.96 bits per heavy atom. The van der Waals surface area contributed by atoms with Gasteiger partial charge in [-0.25, -0.2) is 0 Å². The number of ether oxygens (including phenoxy) is 1. The summed E-state index contributed by atoms with van der Waals surface area (Å²) in [5.41, 5.74) is 3.67. The number of rotatable bonds is 4. The molecule has 0 spiro atoms. The molecule has 5 heteroatoms. The van der Waals surface area contributed by atoms with Crippen LogP contribution in [-0.4, -0.2) is 13.0 Å². The van der Waals surface area contributed by atoms with Gasteiger partial charge in [0.15, 0.2) is 11.3 Å². The van der Waals surface area contributed by atoms with Gasteiger partial charge in [-0.3, -0.25) is 4.79 Å². The fourth-order valence-electron chi connectivity index (χ4n) is 2.50. The molecule has 0 fully saturated rings. The van der Waals surface area contributed by atoms with Crippen molar-refractivity contribution in [1.29, 1.82) is 0 Å². The Balaban J connectivity index is 1.78. The van der Waals surface area contributed by atoms with Crippen molar-refractivity contribution in [3.63, 3.8) is 0 Å². The van der Waals surface area contributed by atoms with Crippen LogP contribution in [-0.2, 0) is 4.79 Å². The molecule has 0 bridgehead atoms. The minimum Gasteiger partial charge on any atom is -0.493 e. The Labute approximate surface area is 151 Å². The summed E-state index contributed by atoms with van der Waals surface area (Å²) in [7, 11) is 1.56. The maximum absolute atomic E-state index is 12.1. The van der Waals surface area contributed by atoms with Crippen LogP contribution >= 0.6 is 11.6 Å². The Hall–Kier alpha value is -2.72. The number of halogens is 1. The first-order chi connectivity index (χ1) is 12.0. The van der Waals surface area contributed by atoms with Gasteiger partial charge in [-0.15, -0.1) is 0 Å². The second kappa shape index (κ2) is 7.03. The van der Waals surface area contributed by atoms with Crippen LogP contribution in [0.1, 0.15) is 16.9 Å². The molecule has 0 radical (unpaired) electrons. The third-order valence-electron chi connectivity index (χ3n) is 3.96. The third kappa shape index (κ3) is 3.86. The van der Waals surface area contributed by atoms with E-state index in [2.05, 4.69) is 5.32 Å². The van der Waals surface area contributed by atoms with Gasteiger partial charge in [0.25, 0.3) is 0 Å². The van der Waals surface area contributed by atoms with Crippen molar-refractivity contribution >= 4 is 40.2 Å². The number of carbonyl (C=O) groups excluding carboxylic acids is 1. The summed E-state index contributed by atoms with van der Waals surface area (Å²) in [5, 5.41) is 4.21. The third-order valence-corrected chi connectivity index (χ3v) is 4.18. The van der Waals surface area contributed by atoms with Crippen LogP contribution in [0.3, 0.4) is 0 Å². The minimum atomic E-state index is -0.228. The highest BCUT2D eigenvalue weighted by Crippen LogP contribution is 2.32. The molecule has 25 heavy (non-hydrogen) atoms. The normalized spacial score (nSPS) is 11.2. The zero-order chi connectivity index (χ0) is 18.0. The van der Waals surface area contributed by atoms with Gasteiger partial charge in [0.1, 0.15) is 5.76 Å². The van der Waals surface area contributed by atoms with Gasteiger partial charge in [0.05, 0.1) is 7.11 Å². The number of furan rings is 1. The molecule has 1 heterocycles. The van der Waals surface area contributed by atoms with E-state index in [1.165, 1.54) is 11.6 Å². The van der Waals surface area contributed by atoms with Crippen LogP contribution in [0.25, 0.3) is 17.0 Å². The molecule has 1 amide bonds. The van der Waals surface area contributed by atoms with E-state index < -0.39 is 0 Å². The molecule has 0 aliphatic carbocycles.